The number of para-hydroxylation sites is 1. The standard InChI is InChI=1S/C22H21N5O5/c1-12-18(21(28)25-23-12)20(19-13(2)24-26-22(19)29)16-5-3-4-6-17(16)32-11-14-7-9-15(10-8-14)27(30)31/h3-10,20H,11H2,1-2H3,(H2,23,25,28)(H2,24,26,29). The maximum Gasteiger partial charge on any atom is 0.269 e. The molecule has 0 fully saturated rings. The Labute approximate surface area is 181 Å². The number of nitro groups is 1. The van der Waals surface area contributed by atoms with Crippen molar-refractivity contribution in [1.29, 1.82) is 0 Å². The van der Waals surface area contributed by atoms with E-state index in [4.69, 9.17) is 4.74 Å². The van der Waals surface area contributed by atoms with Crippen LogP contribution in [0, 0.1) is 24.0 Å². The van der Waals surface area contributed by atoms with E-state index in [0.717, 1.165) is 5.56 Å². The summed E-state index contributed by atoms with van der Waals surface area (Å²) < 4.78 is 6.05. The van der Waals surface area contributed by atoms with Crippen molar-refractivity contribution in [3.63, 3.8) is 0 Å². The molecule has 0 bridgehead atoms. The summed E-state index contributed by atoms with van der Waals surface area (Å²) in [7, 11) is 0. The van der Waals surface area contributed by atoms with Gasteiger partial charge < -0.3 is 14.9 Å². The molecule has 10 heteroatoms. The number of hydrogen-bond donors (Lipinski definition) is 4. The van der Waals surface area contributed by atoms with Crippen molar-refractivity contribution in [2.75, 3.05) is 0 Å². The first kappa shape index (κ1) is 20.9. The number of ether oxygens (including phenoxy) is 1. The molecule has 2 aromatic carbocycles. The van der Waals surface area contributed by atoms with Gasteiger partial charge in [0, 0.05) is 29.1 Å². The number of aromatic amines is 4. The number of H-pyrrole nitrogens is 4. The lowest BCUT2D eigenvalue weighted by Gasteiger charge is -2.20. The Hall–Kier alpha value is -4.34. The highest BCUT2D eigenvalue weighted by atomic mass is 16.6. The summed E-state index contributed by atoms with van der Waals surface area (Å²) in [6.07, 6.45) is 0. The van der Waals surface area contributed by atoms with Crippen LogP contribution in [-0.4, -0.2) is 25.3 Å². The van der Waals surface area contributed by atoms with Gasteiger partial charge in [0.1, 0.15) is 12.4 Å². The fourth-order valence-electron chi connectivity index (χ4n) is 3.79. The molecule has 2 aromatic heterocycles. The molecule has 4 rings (SSSR count). The number of nitrogens with zero attached hydrogens (tertiary/aromatic N) is 1. The molecule has 0 saturated carbocycles. The molecular formula is C22H21N5O5. The average Bonchev–Trinajstić information content (AvgIpc) is 3.29. The van der Waals surface area contributed by atoms with Crippen LogP contribution in [-0.2, 0) is 6.61 Å². The van der Waals surface area contributed by atoms with Gasteiger partial charge in [0.25, 0.3) is 16.8 Å². The zero-order valence-electron chi connectivity index (χ0n) is 17.4. The Morgan fingerprint density at radius 2 is 1.44 bits per heavy atom. The largest absolute Gasteiger partial charge is 0.489 e. The van der Waals surface area contributed by atoms with Gasteiger partial charge in [0.15, 0.2) is 0 Å². The van der Waals surface area contributed by atoms with Crippen molar-refractivity contribution in [1.82, 2.24) is 20.4 Å². The summed E-state index contributed by atoms with van der Waals surface area (Å²) >= 11 is 0. The molecule has 0 atom stereocenters. The Morgan fingerprint density at radius 1 is 0.875 bits per heavy atom. The van der Waals surface area contributed by atoms with Crippen LogP contribution in [0.3, 0.4) is 0 Å². The fraction of sp³-hybridized carbons (Fsp3) is 0.182. The second-order valence-corrected chi connectivity index (χ2v) is 7.42. The van der Waals surface area contributed by atoms with Gasteiger partial charge in [0.2, 0.25) is 0 Å². The Balaban J connectivity index is 1.76. The molecule has 0 aliphatic carbocycles. The normalized spacial score (nSPS) is 11.1. The zero-order chi connectivity index (χ0) is 22.8. The highest BCUT2D eigenvalue weighted by Gasteiger charge is 2.30. The van der Waals surface area contributed by atoms with Crippen molar-refractivity contribution in [3.05, 3.63) is 113 Å². The zero-order valence-corrected chi connectivity index (χ0v) is 17.4. The molecule has 0 aliphatic heterocycles. The molecule has 164 valence electrons. The predicted octanol–water partition coefficient (Wildman–Crippen LogP) is 3.00. The first-order chi connectivity index (χ1) is 15.4. The minimum absolute atomic E-state index is 0.00136. The number of nitrogens with one attached hydrogen (secondary N) is 4. The summed E-state index contributed by atoms with van der Waals surface area (Å²) in [4.78, 5) is 35.7. The molecule has 0 radical (unpaired) electrons. The van der Waals surface area contributed by atoms with Gasteiger partial charge >= 0.3 is 0 Å². The molecule has 0 unspecified atom stereocenters. The second-order valence-electron chi connectivity index (χ2n) is 7.42. The van der Waals surface area contributed by atoms with Crippen LogP contribution in [0.25, 0.3) is 0 Å². The van der Waals surface area contributed by atoms with E-state index in [1.54, 1.807) is 38.1 Å². The molecule has 32 heavy (non-hydrogen) atoms. The number of aryl methyl sites for hydroxylation is 2. The summed E-state index contributed by atoms with van der Waals surface area (Å²) in [5.41, 5.74) is 2.82. The lowest BCUT2D eigenvalue weighted by Crippen LogP contribution is -2.21. The van der Waals surface area contributed by atoms with Crippen LogP contribution >= 0.6 is 0 Å². The molecule has 2 heterocycles. The van der Waals surface area contributed by atoms with E-state index in [2.05, 4.69) is 20.4 Å². The van der Waals surface area contributed by atoms with Gasteiger partial charge in [-0.2, -0.15) is 0 Å². The third kappa shape index (κ3) is 3.85. The van der Waals surface area contributed by atoms with Crippen molar-refractivity contribution < 1.29 is 9.66 Å². The van der Waals surface area contributed by atoms with E-state index in [9.17, 15) is 19.7 Å². The summed E-state index contributed by atoms with van der Waals surface area (Å²) in [5, 5.41) is 21.7. The quantitative estimate of drug-likeness (QED) is 0.260. The second kappa shape index (κ2) is 8.42. The average molecular weight is 435 g/mol. The first-order valence-electron chi connectivity index (χ1n) is 9.86. The van der Waals surface area contributed by atoms with Gasteiger partial charge in [-0.05, 0) is 37.6 Å². The molecule has 0 spiro atoms. The monoisotopic (exact) mass is 435 g/mol. The molecular weight excluding hydrogens is 414 g/mol. The van der Waals surface area contributed by atoms with Crippen LogP contribution in [0.2, 0.25) is 0 Å². The molecule has 0 aliphatic rings. The topological polar surface area (TPSA) is 150 Å². The third-order valence-corrected chi connectivity index (χ3v) is 5.37. The van der Waals surface area contributed by atoms with Gasteiger partial charge in [-0.15, -0.1) is 0 Å². The van der Waals surface area contributed by atoms with Crippen LogP contribution in [0.4, 0.5) is 5.69 Å². The van der Waals surface area contributed by atoms with Crippen molar-refractivity contribution >= 4 is 5.69 Å². The summed E-state index contributed by atoms with van der Waals surface area (Å²) in [5.74, 6) is -0.177. The smallest absolute Gasteiger partial charge is 0.269 e. The van der Waals surface area contributed by atoms with Crippen LogP contribution in [0.15, 0.2) is 58.1 Å². The third-order valence-electron chi connectivity index (χ3n) is 5.37. The van der Waals surface area contributed by atoms with Crippen LogP contribution < -0.4 is 15.9 Å². The van der Waals surface area contributed by atoms with Gasteiger partial charge in [-0.3, -0.25) is 29.9 Å². The van der Waals surface area contributed by atoms with Crippen molar-refractivity contribution in [2.24, 2.45) is 0 Å². The van der Waals surface area contributed by atoms with E-state index in [-0.39, 0.29) is 23.4 Å². The number of non-ortho nitro benzene ring substituents is 1. The number of aromatic nitrogens is 4. The van der Waals surface area contributed by atoms with Crippen LogP contribution in [0.5, 0.6) is 5.75 Å². The lowest BCUT2D eigenvalue weighted by atomic mass is 9.85. The van der Waals surface area contributed by atoms with Gasteiger partial charge in [-0.25, -0.2) is 0 Å². The van der Waals surface area contributed by atoms with Crippen LogP contribution in [0.1, 0.15) is 39.6 Å². The minimum atomic E-state index is -0.673. The lowest BCUT2D eigenvalue weighted by molar-refractivity contribution is -0.384. The van der Waals surface area contributed by atoms with E-state index in [1.807, 2.05) is 12.1 Å². The number of rotatable bonds is 7. The number of hydrogen-bond acceptors (Lipinski definition) is 5. The van der Waals surface area contributed by atoms with Crippen molar-refractivity contribution in [3.8, 4) is 5.75 Å². The molecule has 10 nitrogen and oxygen atoms in total. The van der Waals surface area contributed by atoms with E-state index >= 15 is 0 Å². The van der Waals surface area contributed by atoms with E-state index < -0.39 is 10.8 Å². The Morgan fingerprint density at radius 3 is 1.94 bits per heavy atom. The molecule has 0 amide bonds. The van der Waals surface area contributed by atoms with Gasteiger partial charge in [0.05, 0.1) is 22.0 Å². The highest BCUT2D eigenvalue weighted by molar-refractivity contribution is 5.50. The maximum absolute atomic E-state index is 12.6. The number of nitro benzene ring substituents is 1. The molecule has 4 N–H and O–H groups in total. The van der Waals surface area contributed by atoms with Gasteiger partial charge in [-0.1, -0.05) is 18.2 Å². The Bertz CT molecular complexity index is 1320. The van der Waals surface area contributed by atoms with E-state index in [0.29, 0.717) is 33.8 Å². The first-order valence-corrected chi connectivity index (χ1v) is 9.86. The van der Waals surface area contributed by atoms with Crippen molar-refractivity contribution in [2.45, 2.75) is 26.4 Å². The van der Waals surface area contributed by atoms with E-state index in [1.165, 1.54) is 12.1 Å². The summed E-state index contributed by atoms with van der Waals surface area (Å²) in [6, 6.07) is 13.3. The fourth-order valence-corrected chi connectivity index (χ4v) is 3.79. The SMILES string of the molecule is Cc1[nH][nH]c(=O)c1C(c1ccccc1OCc1ccc([N+](=O)[O-])cc1)c1c(C)[nH][nH]c1=O. The predicted molar refractivity (Wildman–Crippen MR) is 117 cm³/mol. The highest BCUT2D eigenvalue weighted by Crippen LogP contribution is 2.36. The molecule has 4 aromatic rings. The maximum atomic E-state index is 12.6. The molecule has 0 saturated heterocycles. The summed E-state index contributed by atoms with van der Waals surface area (Å²) in [6.45, 7) is 3.68. The Kier molecular flexibility index (Phi) is 5.50. The number of benzene rings is 2. The minimum Gasteiger partial charge on any atom is -0.489 e.